The van der Waals surface area contributed by atoms with Crippen molar-refractivity contribution < 1.29 is 31.9 Å². The van der Waals surface area contributed by atoms with Crippen LogP contribution in [0.5, 0.6) is 5.75 Å². The Bertz CT molecular complexity index is 953. The van der Waals surface area contributed by atoms with Crippen molar-refractivity contribution in [2.45, 2.75) is 6.18 Å². The van der Waals surface area contributed by atoms with Crippen molar-refractivity contribution in [3.63, 3.8) is 0 Å². The zero-order valence-corrected chi connectivity index (χ0v) is 14.5. The molecule has 5 nitrogen and oxygen atoms in total. The fourth-order valence-corrected chi connectivity index (χ4v) is 2.53. The van der Waals surface area contributed by atoms with Gasteiger partial charge in [-0.1, -0.05) is 12.1 Å². The number of hydrogen-bond donors (Lipinski definition) is 1. The normalized spacial score (nSPS) is 14.0. The monoisotopic (exact) mass is 394 g/mol. The van der Waals surface area contributed by atoms with E-state index >= 15 is 0 Å². The van der Waals surface area contributed by atoms with Gasteiger partial charge in [-0.15, -0.1) is 0 Å². The van der Waals surface area contributed by atoms with Gasteiger partial charge >= 0.3 is 6.18 Å². The summed E-state index contributed by atoms with van der Waals surface area (Å²) in [5.41, 5.74) is 1.17. The maximum Gasteiger partial charge on any atom is 0.442 e. The summed E-state index contributed by atoms with van der Waals surface area (Å²) in [4.78, 5) is 25.2. The number of amides is 2. The third kappa shape index (κ3) is 4.13. The zero-order chi connectivity index (χ0) is 20.5. The van der Waals surface area contributed by atoms with E-state index in [1.807, 2.05) is 0 Å². The summed E-state index contributed by atoms with van der Waals surface area (Å²) in [6.45, 7) is -0.127. The Hall–Kier alpha value is -3.36. The summed E-state index contributed by atoms with van der Waals surface area (Å²) >= 11 is 0. The lowest BCUT2D eigenvalue weighted by molar-refractivity contribution is -0.118. The van der Waals surface area contributed by atoms with Gasteiger partial charge in [-0.25, -0.2) is 4.39 Å². The number of carbonyl (C=O) groups is 2. The quantitative estimate of drug-likeness (QED) is 0.796. The number of nitrogens with zero attached hydrogens (tertiary/aromatic N) is 1. The first-order valence-corrected chi connectivity index (χ1v) is 8.04. The summed E-state index contributed by atoms with van der Waals surface area (Å²) < 4.78 is 55.0. The highest BCUT2D eigenvalue weighted by Crippen LogP contribution is 2.32. The predicted molar refractivity (Wildman–Crippen MR) is 94.9 cm³/mol. The van der Waals surface area contributed by atoms with Crippen LogP contribution in [0.25, 0.3) is 6.08 Å². The average molecular weight is 394 g/mol. The predicted octanol–water partition coefficient (Wildman–Crippen LogP) is 4.17. The Morgan fingerprint density at radius 1 is 1.18 bits per heavy atom. The number of hydrogen-bond acceptors (Lipinski definition) is 3. The minimum absolute atomic E-state index is 0.0213. The second-order valence-electron chi connectivity index (χ2n) is 5.99. The minimum atomic E-state index is -5.05. The van der Waals surface area contributed by atoms with Crippen LogP contribution in [0.15, 0.2) is 48.3 Å². The van der Waals surface area contributed by atoms with E-state index in [4.69, 9.17) is 4.74 Å². The lowest BCUT2D eigenvalue weighted by Gasteiger charge is -2.22. The maximum atomic E-state index is 13.0. The van der Waals surface area contributed by atoms with Gasteiger partial charge in [0.2, 0.25) is 5.83 Å². The zero-order valence-electron chi connectivity index (χ0n) is 14.5. The van der Waals surface area contributed by atoms with E-state index in [9.17, 15) is 27.2 Å². The Morgan fingerprint density at radius 3 is 2.50 bits per heavy atom. The van der Waals surface area contributed by atoms with E-state index in [2.05, 4.69) is 5.32 Å². The van der Waals surface area contributed by atoms with Crippen molar-refractivity contribution in [2.75, 3.05) is 23.9 Å². The maximum absolute atomic E-state index is 13.0. The summed E-state index contributed by atoms with van der Waals surface area (Å²) in [5, 5.41) is 2.64. The molecule has 0 unspecified atom stereocenters. The molecule has 2 aromatic rings. The van der Waals surface area contributed by atoms with Gasteiger partial charge < -0.3 is 15.0 Å². The number of alkyl halides is 3. The molecule has 0 bridgehead atoms. The number of ether oxygens (including phenoxy) is 1. The number of benzene rings is 2. The Balaban J connectivity index is 1.78. The number of rotatable bonds is 3. The molecule has 2 aromatic carbocycles. The van der Waals surface area contributed by atoms with Crippen molar-refractivity contribution in [3.05, 3.63) is 59.4 Å². The highest BCUT2D eigenvalue weighted by molar-refractivity contribution is 6.06. The van der Waals surface area contributed by atoms with E-state index in [0.29, 0.717) is 23.2 Å². The summed E-state index contributed by atoms with van der Waals surface area (Å²) in [6, 6.07) is 9.85. The summed E-state index contributed by atoms with van der Waals surface area (Å²) in [5.74, 6) is -2.50. The second kappa shape index (κ2) is 7.34. The Morgan fingerprint density at radius 2 is 1.86 bits per heavy atom. The molecule has 1 aliphatic heterocycles. The van der Waals surface area contributed by atoms with Crippen LogP contribution in [-0.2, 0) is 4.79 Å². The van der Waals surface area contributed by atoms with Gasteiger partial charge in [0.05, 0.1) is 5.69 Å². The first-order chi connectivity index (χ1) is 13.1. The van der Waals surface area contributed by atoms with Gasteiger partial charge in [0.1, 0.15) is 5.75 Å². The number of halogens is 4. The highest BCUT2D eigenvalue weighted by atomic mass is 19.4. The van der Waals surface area contributed by atoms with Crippen LogP contribution in [0, 0.1) is 0 Å². The average Bonchev–Trinajstić information content (AvgIpc) is 2.66. The smallest absolute Gasteiger partial charge is 0.442 e. The minimum Gasteiger partial charge on any atom is -0.482 e. The summed E-state index contributed by atoms with van der Waals surface area (Å²) in [7, 11) is 1.52. The number of carbonyl (C=O) groups excluding carboxylic acids is 2. The molecule has 0 saturated heterocycles. The fourth-order valence-electron chi connectivity index (χ4n) is 2.53. The van der Waals surface area contributed by atoms with Gasteiger partial charge in [-0.2, -0.15) is 13.2 Å². The van der Waals surface area contributed by atoms with Crippen LogP contribution in [0.2, 0.25) is 0 Å². The van der Waals surface area contributed by atoms with Gasteiger partial charge in [-0.3, -0.25) is 9.59 Å². The lowest BCUT2D eigenvalue weighted by atomic mass is 10.1. The molecule has 146 valence electrons. The number of nitrogens with one attached hydrogen (secondary N) is 1. The molecule has 0 fully saturated rings. The molecular weight excluding hydrogens is 380 g/mol. The number of anilines is 2. The molecule has 0 aliphatic carbocycles. The first-order valence-electron chi connectivity index (χ1n) is 8.04. The molecule has 1 heterocycles. The lowest BCUT2D eigenvalue weighted by Crippen LogP contribution is -2.28. The molecule has 0 saturated carbocycles. The van der Waals surface area contributed by atoms with Crippen LogP contribution in [0.4, 0.5) is 28.9 Å². The molecule has 2 amide bonds. The highest BCUT2D eigenvalue weighted by Gasteiger charge is 2.34. The van der Waals surface area contributed by atoms with Gasteiger partial charge in [0.15, 0.2) is 6.61 Å². The van der Waals surface area contributed by atoms with Crippen LogP contribution in [0.1, 0.15) is 15.9 Å². The summed E-state index contributed by atoms with van der Waals surface area (Å²) in [6.07, 6.45) is -4.70. The van der Waals surface area contributed by atoms with Gasteiger partial charge in [0.25, 0.3) is 11.8 Å². The van der Waals surface area contributed by atoms with Crippen molar-refractivity contribution in [3.8, 4) is 5.75 Å². The van der Waals surface area contributed by atoms with E-state index in [-0.39, 0.29) is 23.6 Å². The molecular formula is C19H14F4N2O3. The van der Waals surface area contributed by atoms with E-state index in [1.54, 1.807) is 18.2 Å². The molecule has 9 heteroatoms. The molecule has 3 rings (SSSR count). The van der Waals surface area contributed by atoms with Crippen molar-refractivity contribution >= 4 is 29.3 Å². The van der Waals surface area contributed by atoms with Crippen molar-refractivity contribution in [2.24, 2.45) is 0 Å². The van der Waals surface area contributed by atoms with Gasteiger partial charge in [-0.05, 0) is 35.9 Å². The number of allylic oxidation sites excluding steroid dienone is 1. The second-order valence-corrected chi connectivity index (χ2v) is 5.99. The van der Waals surface area contributed by atoms with Crippen LogP contribution in [-0.4, -0.2) is 31.6 Å². The van der Waals surface area contributed by atoms with Crippen molar-refractivity contribution in [1.29, 1.82) is 0 Å². The number of fused-ring (bicyclic) bond motifs is 1. The fraction of sp³-hybridized carbons (Fsp3) is 0.158. The standard InChI is InChI=1S/C19H14F4N2O3/c1-25(13-6-7-14-15(9-13)28-10-17(26)24-14)18(27)12-4-2-11(3-5-12)8-16(20)19(21,22)23/h2-9H,10H2,1H3,(H,24,26)/b16-8-. The van der Waals surface area contributed by atoms with E-state index < -0.39 is 17.9 Å². The van der Waals surface area contributed by atoms with Crippen LogP contribution in [0.3, 0.4) is 0 Å². The van der Waals surface area contributed by atoms with E-state index in [1.165, 1.54) is 36.2 Å². The van der Waals surface area contributed by atoms with Gasteiger partial charge in [0, 0.05) is 24.4 Å². The first kappa shape index (κ1) is 19.4. The molecule has 0 atom stereocenters. The Kier molecular flexibility index (Phi) is 5.08. The van der Waals surface area contributed by atoms with Crippen LogP contribution < -0.4 is 15.0 Å². The molecule has 1 N–H and O–H groups in total. The van der Waals surface area contributed by atoms with Crippen LogP contribution >= 0.6 is 0 Å². The molecule has 1 aliphatic rings. The third-order valence-corrected chi connectivity index (χ3v) is 4.01. The SMILES string of the molecule is CN(C(=O)c1ccc(/C=C(\F)C(F)(F)F)cc1)c1ccc2c(c1)OCC(=O)N2. The largest absolute Gasteiger partial charge is 0.482 e. The molecule has 0 radical (unpaired) electrons. The topological polar surface area (TPSA) is 58.6 Å². The molecule has 0 spiro atoms. The van der Waals surface area contributed by atoms with E-state index in [0.717, 1.165) is 0 Å². The Labute approximate surface area is 157 Å². The van der Waals surface area contributed by atoms with Crippen molar-refractivity contribution in [1.82, 2.24) is 0 Å². The third-order valence-electron chi connectivity index (χ3n) is 4.01. The molecule has 0 aromatic heterocycles. The molecule has 28 heavy (non-hydrogen) atoms.